The average Bonchev–Trinajstić information content (AvgIpc) is 3.76. The number of aliphatic carboxylic acids is 1. The van der Waals surface area contributed by atoms with Crippen molar-refractivity contribution in [2.75, 3.05) is 18.6 Å². The molecule has 1 aromatic heterocycles. The molecule has 1 saturated heterocycles. The van der Waals surface area contributed by atoms with Gasteiger partial charge in [0, 0.05) is 24.9 Å². The van der Waals surface area contributed by atoms with E-state index in [0.29, 0.717) is 30.7 Å². The Kier molecular flexibility index (Phi) is 16.6. The second-order valence-electron chi connectivity index (χ2n) is 12.7. The first kappa shape index (κ1) is 41.9. The first-order valence-corrected chi connectivity index (χ1v) is 17.8. The molecule has 8 atom stereocenters. The highest BCUT2D eigenvalue weighted by atomic mass is 32.2. The van der Waals surface area contributed by atoms with Gasteiger partial charge in [-0.1, -0.05) is 13.8 Å². The largest absolute Gasteiger partial charge is 0.480 e. The molecule has 19 heteroatoms. The third-order valence-corrected chi connectivity index (χ3v) is 8.84. The molecule has 1 fully saturated rings. The minimum atomic E-state index is -1.39. The minimum absolute atomic E-state index is 0.0540. The lowest BCUT2D eigenvalue weighted by Gasteiger charge is -2.30. The second kappa shape index (κ2) is 19.8. The second-order valence-corrected chi connectivity index (χ2v) is 13.7. The van der Waals surface area contributed by atoms with E-state index in [1.165, 1.54) is 50.0 Å². The maximum absolute atomic E-state index is 13.4. The van der Waals surface area contributed by atoms with Crippen molar-refractivity contribution in [2.45, 2.75) is 109 Å². The molecule has 0 radical (unpaired) electrons. The lowest BCUT2D eigenvalue weighted by molar-refractivity contribution is -0.143. The summed E-state index contributed by atoms with van der Waals surface area (Å²) in [5, 5.41) is 32.2. The molecule has 1 aliphatic rings. The van der Waals surface area contributed by atoms with Gasteiger partial charge in [-0.15, -0.1) is 0 Å². The van der Waals surface area contributed by atoms with Gasteiger partial charge in [-0.25, -0.2) is 9.78 Å². The molecule has 0 aliphatic carbocycles. The number of nitrogens with one attached hydrogen (secondary N) is 6. The number of nitrogens with zero attached hydrogens (tertiary/aromatic N) is 2. The summed E-state index contributed by atoms with van der Waals surface area (Å²) in [6, 6.07) is -7.91. The van der Waals surface area contributed by atoms with Crippen LogP contribution in [0.15, 0.2) is 12.5 Å². The Hall–Kier alpha value is -4.23. The molecule has 0 aromatic carbocycles. The average molecular weight is 726 g/mol. The summed E-state index contributed by atoms with van der Waals surface area (Å²) in [6.45, 7) is 7.67. The summed E-state index contributed by atoms with van der Waals surface area (Å²) >= 11 is 1.50. The third kappa shape index (κ3) is 12.3. The number of H-pyrrole nitrogens is 1. The van der Waals surface area contributed by atoms with E-state index in [9.17, 15) is 43.8 Å². The van der Waals surface area contributed by atoms with Crippen molar-refractivity contribution in [2.24, 2.45) is 11.7 Å². The summed E-state index contributed by atoms with van der Waals surface area (Å²) in [4.78, 5) is 98.0. The summed E-state index contributed by atoms with van der Waals surface area (Å²) in [5.74, 6) is -5.15. The van der Waals surface area contributed by atoms with E-state index in [1.54, 1.807) is 13.8 Å². The van der Waals surface area contributed by atoms with Crippen LogP contribution in [0, 0.1) is 5.92 Å². The summed E-state index contributed by atoms with van der Waals surface area (Å²) < 4.78 is 0. The number of likely N-dealkylation sites (tertiary alicyclic amines) is 1. The zero-order valence-corrected chi connectivity index (χ0v) is 30.0. The number of carbonyl (C=O) groups excluding carboxylic acids is 6. The van der Waals surface area contributed by atoms with Gasteiger partial charge in [0.2, 0.25) is 35.4 Å². The fourth-order valence-electron chi connectivity index (χ4n) is 5.22. The van der Waals surface area contributed by atoms with Crippen LogP contribution in [-0.2, 0) is 40.0 Å². The molecular formula is C31H51N9O9S. The van der Waals surface area contributed by atoms with Gasteiger partial charge in [-0.3, -0.25) is 28.8 Å². The summed E-state index contributed by atoms with van der Waals surface area (Å²) in [7, 11) is 0. The maximum Gasteiger partial charge on any atom is 0.326 e. The number of hydrogen-bond acceptors (Lipinski definition) is 11. The number of carboxylic acid groups (broad SMARTS) is 1. The molecule has 280 valence electrons. The number of hydrogen-bond donors (Lipinski definition) is 9. The van der Waals surface area contributed by atoms with Crippen LogP contribution in [-0.4, -0.2) is 133 Å². The van der Waals surface area contributed by atoms with E-state index in [2.05, 4.69) is 36.6 Å². The monoisotopic (exact) mass is 725 g/mol. The van der Waals surface area contributed by atoms with Crippen LogP contribution in [0.4, 0.5) is 0 Å². The number of aromatic nitrogens is 2. The highest BCUT2D eigenvalue weighted by molar-refractivity contribution is 7.98. The zero-order valence-electron chi connectivity index (χ0n) is 29.2. The van der Waals surface area contributed by atoms with Gasteiger partial charge in [-0.2, -0.15) is 11.8 Å². The van der Waals surface area contributed by atoms with Crippen LogP contribution in [0.25, 0.3) is 0 Å². The van der Waals surface area contributed by atoms with Crippen molar-refractivity contribution >= 4 is 53.2 Å². The smallest absolute Gasteiger partial charge is 0.326 e. The molecule has 50 heavy (non-hydrogen) atoms. The Morgan fingerprint density at radius 3 is 2.14 bits per heavy atom. The molecule has 1 aliphatic heterocycles. The van der Waals surface area contributed by atoms with Gasteiger partial charge in [0.1, 0.15) is 36.3 Å². The number of carboxylic acids is 1. The van der Waals surface area contributed by atoms with Crippen LogP contribution >= 0.6 is 11.8 Å². The van der Waals surface area contributed by atoms with Crippen LogP contribution in [0.3, 0.4) is 0 Å². The Balaban J connectivity index is 2.00. The van der Waals surface area contributed by atoms with Crippen LogP contribution in [0.2, 0.25) is 0 Å². The van der Waals surface area contributed by atoms with Gasteiger partial charge >= 0.3 is 5.97 Å². The lowest BCUT2D eigenvalue weighted by Crippen LogP contribution is -2.60. The number of aromatic amines is 1. The molecule has 2 heterocycles. The minimum Gasteiger partial charge on any atom is -0.480 e. The van der Waals surface area contributed by atoms with Crippen LogP contribution in [0.1, 0.15) is 59.6 Å². The fourth-order valence-corrected chi connectivity index (χ4v) is 5.71. The van der Waals surface area contributed by atoms with Gasteiger partial charge in [0.25, 0.3) is 0 Å². The van der Waals surface area contributed by atoms with E-state index in [0.717, 1.165) is 0 Å². The molecule has 0 bridgehead atoms. The Morgan fingerprint density at radius 2 is 1.58 bits per heavy atom. The topological polar surface area (TPSA) is 278 Å². The molecule has 2 rings (SSSR count). The number of imidazole rings is 1. The molecular weight excluding hydrogens is 674 g/mol. The predicted octanol–water partition coefficient (Wildman–Crippen LogP) is -2.39. The molecule has 6 amide bonds. The Morgan fingerprint density at radius 1 is 0.940 bits per heavy atom. The number of aliphatic hydroxyl groups is 1. The molecule has 0 saturated carbocycles. The highest BCUT2D eigenvalue weighted by Gasteiger charge is 2.39. The molecule has 1 aromatic rings. The van der Waals surface area contributed by atoms with Crippen molar-refractivity contribution in [1.82, 2.24) is 41.5 Å². The van der Waals surface area contributed by atoms with Crippen molar-refractivity contribution in [3.8, 4) is 0 Å². The van der Waals surface area contributed by atoms with E-state index < -0.39 is 95.7 Å². The predicted molar refractivity (Wildman–Crippen MR) is 183 cm³/mol. The number of nitrogens with two attached hydrogens (primary N) is 1. The van der Waals surface area contributed by atoms with E-state index in [4.69, 9.17) is 5.73 Å². The summed E-state index contributed by atoms with van der Waals surface area (Å²) in [5.41, 5.74) is 6.35. The van der Waals surface area contributed by atoms with E-state index in [1.807, 2.05) is 6.26 Å². The highest BCUT2D eigenvalue weighted by Crippen LogP contribution is 2.19. The van der Waals surface area contributed by atoms with Crippen molar-refractivity contribution < 1.29 is 43.8 Å². The van der Waals surface area contributed by atoms with E-state index in [-0.39, 0.29) is 13.0 Å². The molecule has 0 unspecified atom stereocenters. The number of thioether (sulfide) groups is 1. The fraction of sp³-hybridized carbons (Fsp3) is 0.677. The number of amides is 6. The molecule has 10 N–H and O–H groups in total. The van der Waals surface area contributed by atoms with Crippen molar-refractivity contribution in [3.05, 3.63) is 18.2 Å². The number of rotatable bonds is 19. The molecule has 0 spiro atoms. The maximum atomic E-state index is 13.4. The first-order valence-electron chi connectivity index (χ1n) is 16.4. The quantitative estimate of drug-likeness (QED) is 0.0723. The Bertz CT molecular complexity index is 1340. The first-order chi connectivity index (χ1) is 23.5. The van der Waals surface area contributed by atoms with E-state index >= 15 is 0 Å². The van der Waals surface area contributed by atoms with Gasteiger partial charge in [0.15, 0.2) is 0 Å². The normalized spacial score (nSPS) is 18.5. The summed E-state index contributed by atoms with van der Waals surface area (Å²) in [6.07, 6.45) is 4.46. The van der Waals surface area contributed by atoms with Crippen molar-refractivity contribution in [1.29, 1.82) is 0 Å². The zero-order chi connectivity index (χ0) is 37.7. The molecule has 18 nitrogen and oxygen atoms in total. The SMILES string of the molecule is CSCC[C@H](N)C(=O)N[C@H](C(=O)N[C@@H](C)C(=O)N[C@@H](C)C(=O)N1CCC[C@H]1C(=O)N[C@H](C(=O)N[C@@H](Cc1cnc[nH]1)C(=O)O)C(C)C)[C@@H](C)O. The number of carbonyl (C=O) groups is 7. The Labute approximate surface area is 295 Å². The standard InChI is InChI=1S/C31H51N9O9S/c1-15(2)23(28(45)37-21(31(48)49)12-19-13-33-14-34-19)38-27(44)22-8-7-10-40(22)30(47)17(4)36-25(42)16(3)35-29(46)24(18(5)41)39-26(43)20(32)9-11-50-6/h13-18,20-24,41H,7-12,32H2,1-6H3,(H,33,34)(H,35,46)(H,36,42)(H,37,45)(H,38,44)(H,39,43)(H,48,49)/t16-,17-,18+,20-,21-,22-,23-,24-/m0/s1. The number of aliphatic hydroxyl groups excluding tert-OH is 1. The third-order valence-electron chi connectivity index (χ3n) is 8.19. The van der Waals surface area contributed by atoms with Gasteiger partial charge in [-0.05, 0) is 58.0 Å². The van der Waals surface area contributed by atoms with Crippen LogP contribution in [0.5, 0.6) is 0 Å². The van der Waals surface area contributed by atoms with Crippen LogP contribution < -0.4 is 32.3 Å². The van der Waals surface area contributed by atoms with Gasteiger partial charge in [0.05, 0.1) is 18.5 Å². The van der Waals surface area contributed by atoms with Gasteiger partial charge < -0.3 is 52.4 Å². The lowest BCUT2D eigenvalue weighted by atomic mass is 10.0. The van der Waals surface area contributed by atoms with Crippen molar-refractivity contribution in [3.63, 3.8) is 0 Å².